The van der Waals surface area contributed by atoms with Gasteiger partial charge in [-0.3, -0.25) is 4.79 Å². The highest BCUT2D eigenvalue weighted by Gasteiger charge is 2.34. The van der Waals surface area contributed by atoms with Gasteiger partial charge in [-0.05, 0) is 61.4 Å². The van der Waals surface area contributed by atoms with Crippen LogP contribution in [0, 0.1) is 0 Å². The Hall–Kier alpha value is -2.18. The molecule has 0 saturated carbocycles. The van der Waals surface area contributed by atoms with Crippen LogP contribution in [-0.2, 0) is 0 Å². The molecule has 1 fully saturated rings. The summed E-state index contributed by atoms with van der Waals surface area (Å²) in [5, 5.41) is 4.72. The Morgan fingerprint density at radius 3 is 2.62 bits per heavy atom. The third-order valence-electron chi connectivity index (χ3n) is 4.43. The Labute approximate surface area is 164 Å². The van der Waals surface area contributed by atoms with E-state index in [0.717, 1.165) is 22.9 Å². The van der Waals surface area contributed by atoms with Gasteiger partial charge in [-0.15, -0.1) is 0 Å². The summed E-state index contributed by atoms with van der Waals surface area (Å²) in [6, 6.07) is 14.4. The fraction of sp³-hybridized carbons (Fsp3) is 0.211. The second-order valence-electron chi connectivity index (χ2n) is 6.13. The van der Waals surface area contributed by atoms with Crippen LogP contribution in [0.1, 0.15) is 35.1 Å². The number of hydrogen-bond donors (Lipinski definition) is 0. The van der Waals surface area contributed by atoms with Crippen LogP contribution in [-0.4, -0.2) is 27.5 Å². The summed E-state index contributed by atoms with van der Waals surface area (Å²) >= 11 is 9.31. The zero-order chi connectivity index (χ0) is 18.1. The highest BCUT2D eigenvalue weighted by atomic mass is 79.9. The molecule has 7 heteroatoms. The molecular weight excluding hydrogens is 418 g/mol. The lowest BCUT2D eigenvalue weighted by Gasteiger charge is -2.21. The molecule has 26 heavy (non-hydrogen) atoms. The maximum absolute atomic E-state index is 12.9. The molecule has 0 N–H and O–H groups in total. The Bertz CT molecular complexity index is 925. The second-order valence-corrected chi connectivity index (χ2v) is 7.48. The topological polar surface area (TPSA) is 59.2 Å². The summed E-state index contributed by atoms with van der Waals surface area (Å²) in [6.07, 6.45) is 1.72. The zero-order valence-corrected chi connectivity index (χ0v) is 16.1. The van der Waals surface area contributed by atoms with Crippen LogP contribution in [0.4, 0.5) is 0 Å². The van der Waals surface area contributed by atoms with E-state index in [1.165, 1.54) is 0 Å². The first-order valence-corrected chi connectivity index (χ1v) is 9.45. The summed E-state index contributed by atoms with van der Waals surface area (Å²) in [5.41, 5.74) is 1.48. The first-order valence-electron chi connectivity index (χ1n) is 8.28. The van der Waals surface area contributed by atoms with E-state index in [9.17, 15) is 4.79 Å². The van der Waals surface area contributed by atoms with E-state index in [4.69, 9.17) is 16.1 Å². The number of hydrogen-bond acceptors (Lipinski definition) is 4. The number of benzene rings is 2. The van der Waals surface area contributed by atoms with E-state index >= 15 is 0 Å². The van der Waals surface area contributed by atoms with Gasteiger partial charge in [0.1, 0.15) is 6.04 Å². The molecule has 2 aromatic carbocycles. The van der Waals surface area contributed by atoms with Gasteiger partial charge >= 0.3 is 0 Å². The molecule has 0 aliphatic carbocycles. The van der Waals surface area contributed by atoms with Crippen molar-refractivity contribution in [1.82, 2.24) is 15.0 Å². The number of amides is 1. The van der Waals surface area contributed by atoms with E-state index in [-0.39, 0.29) is 11.9 Å². The van der Waals surface area contributed by atoms with Crippen molar-refractivity contribution in [2.45, 2.75) is 18.9 Å². The van der Waals surface area contributed by atoms with Gasteiger partial charge in [0.25, 0.3) is 5.91 Å². The number of likely N-dealkylation sites (tertiary alicyclic amines) is 1. The van der Waals surface area contributed by atoms with E-state index in [1.807, 2.05) is 41.3 Å². The van der Waals surface area contributed by atoms with Gasteiger partial charge in [0.15, 0.2) is 0 Å². The van der Waals surface area contributed by atoms with Crippen molar-refractivity contribution in [2.75, 3.05) is 6.54 Å². The SMILES string of the molecule is O=C(c1ccc(Br)cc1)N1CCCC1c1nc(-c2ccc(Cl)cc2)no1. The number of aromatic nitrogens is 2. The fourth-order valence-corrected chi connectivity index (χ4v) is 3.50. The fourth-order valence-electron chi connectivity index (χ4n) is 3.11. The van der Waals surface area contributed by atoms with Crippen molar-refractivity contribution in [1.29, 1.82) is 0 Å². The molecule has 1 amide bonds. The molecule has 1 unspecified atom stereocenters. The first-order chi connectivity index (χ1) is 12.6. The van der Waals surface area contributed by atoms with Crippen LogP contribution in [0.3, 0.4) is 0 Å². The molecule has 0 radical (unpaired) electrons. The Kier molecular flexibility index (Phi) is 4.78. The Balaban J connectivity index is 1.58. The quantitative estimate of drug-likeness (QED) is 0.576. The largest absolute Gasteiger partial charge is 0.337 e. The van der Waals surface area contributed by atoms with Crippen molar-refractivity contribution >= 4 is 33.4 Å². The minimum atomic E-state index is -0.195. The molecule has 1 saturated heterocycles. The smallest absolute Gasteiger partial charge is 0.254 e. The van der Waals surface area contributed by atoms with Crippen LogP contribution in [0.25, 0.3) is 11.4 Å². The van der Waals surface area contributed by atoms with Crippen molar-refractivity contribution < 1.29 is 9.32 Å². The standard InChI is InChI=1S/C19H15BrClN3O2/c20-14-7-3-13(4-8-14)19(25)24-11-1-2-16(24)18-22-17(23-26-18)12-5-9-15(21)10-6-12/h3-10,16H,1-2,11H2. The average molecular weight is 433 g/mol. The predicted octanol–water partition coefficient (Wildman–Crippen LogP) is 5.13. The molecule has 2 heterocycles. The third-order valence-corrected chi connectivity index (χ3v) is 5.21. The first kappa shape index (κ1) is 17.2. The van der Waals surface area contributed by atoms with Gasteiger partial charge in [-0.25, -0.2) is 0 Å². The van der Waals surface area contributed by atoms with E-state index in [2.05, 4.69) is 26.1 Å². The lowest BCUT2D eigenvalue weighted by Crippen LogP contribution is -2.30. The van der Waals surface area contributed by atoms with Gasteiger partial charge in [0, 0.05) is 27.2 Å². The number of halogens is 2. The summed E-state index contributed by atoms with van der Waals surface area (Å²) in [5.74, 6) is 0.948. The molecular formula is C19H15BrClN3O2. The molecule has 1 aliphatic heterocycles. The maximum atomic E-state index is 12.9. The van der Waals surface area contributed by atoms with Gasteiger partial charge in [-0.1, -0.05) is 32.7 Å². The molecule has 132 valence electrons. The van der Waals surface area contributed by atoms with Gasteiger partial charge in [-0.2, -0.15) is 4.98 Å². The van der Waals surface area contributed by atoms with Crippen molar-refractivity contribution in [3.05, 3.63) is 69.5 Å². The molecule has 1 aliphatic rings. The molecule has 4 rings (SSSR count). The van der Waals surface area contributed by atoms with Crippen molar-refractivity contribution in [3.63, 3.8) is 0 Å². The number of carbonyl (C=O) groups excluding carboxylic acids is 1. The highest BCUT2D eigenvalue weighted by Crippen LogP contribution is 2.33. The monoisotopic (exact) mass is 431 g/mol. The number of nitrogens with zero attached hydrogens (tertiary/aromatic N) is 3. The number of rotatable bonds is 3. The third kappa shape index (κ3) is 3.39. The summed E-state index contributed by atoms with van der Waals surface area (Å²) in [6.45, 7) is 0.679. The van der Waals surface area contributed by atoms with E-state index in [0.29, 0.717) is 28.8 Å². The summed E-state index contributed by atoms with van der Waals surface area (Å²) in [7, 11) is 0. The van der Waals surface area contributed by atoms with Crippen LogP contribution in [0.2, 0.25) is 5.02 Å². The summed E-state index contributed by atoms with van der Waals surface area (Å²) in [4.78, 5) is 19.2. The lowest BCUT2D eigenvalue weighted by molar-refractivity contribution is 0.0710. The van der Waals surface area contributed by atoms with Crippen LogP contribution in [0.15, 0.2) is 57.5 Å². The van der Waals surface area contributed by atoms with Crippen LogP contribution < -0.4 is 0 Å². The zero-order valence-electron chi connectivity index (χ0n) is 13.7. The normalized spacial score (nSPS) is 16.8. The van der Waals surface area contributed by atoms with Crippen LogP contribution >= 0.6 is 27.5 Å². The molecule has 0 spiro atoms. The number of carbonyl (C=O) groups is 1. The Morgan fingerprint density at radius 2 is 1.88 bits per heavy atom. The molecule has 1 aromatic heterocycles. The molecule has 1 atom stereocenters. The predicted molar refractivity (Wildman–Crippen MR) is 102 cm³/mol. The minimum absolute atomic E-state index is 0.0220. The van der Waals surface area contributed by atoms with Crippen molar-refractivity contribution in [3.8, 4) is 11.4 Å². The highest BCUT2D eigenvalue weighted by molar-refractivity contribution is 9.10. The van der Waals surface area contributed by atoms with Gasteiger partial charge in [0.2, 0.25) is 11.7 Å². The van der Waals surface area contributed by atoms with Crippen molar-refractivity contribution in [2.24, 2.45) is 0 Å². The van der Waals surface area contributed by atoms with Gasteiger partial charge in [0.05, 0.1) is 0 Å². The summed E-state index contributed by atoms with van der Waals surface area (Å²) < 4.78 is 6.41. The molecule has 3 aromatic rings. The van der Waals surface area contributed by atoms with Gasteiger partial charge < -0.3 is 9.42 Å². The molecule has 5 nitrogen and oxygen atoms in total. The second kappa shape index (κ2) is 7.21. The maximum Gasteiger partial charge on any atom is 0.254 e. The molecule has 0 bridgehead atoms. The van der Waals surface area contributed by atoms with Crippen LogP contribution in [0.5, 0.6) is 0 Å². The average Bonchev–Trinajstić information content (AvgIpc) is 3.31. The van der Waals surface area contributed by atoms with E-state index < -0.39 is 0 Å². The Morgan fingerprint density at radius 1 is 1.15 bits per heavy atom. The lowest BCUT2D eigenvalue weighted by atomic mass is 10.1. The van der Waals surface area contributed by atoms with E-state index in [1.54, 1.807) is 12.1 Å². The minimum Gasteiger partial charge on any atom is -0.337 e.